The molecule has 0 aromatic heterocycles. The van der Waals surface area contributed by atoms with Gasteiger partial charge in [0.15, 0.2) is 15.8 Å². The summed E-state index contributed by atoms with van der Waals surface area (Å²) in [6, 6.07) is 0. The zero-order valence-electron chi connectivity index (χ0n) is 15.7. The van der Waals surface area contributed by atoms with Gasteiger partial charge >= 0.3 is 0 Å². The molecule has 0 radical (unpaired) electrons. The molecule has 2 saturated heterocycles. The first-order valence-electron chi connectivity index (χ1n) is 9.76. The second-order valence-electron chi connectivity index (χ2n) is 7.95. The summed E-state index contributed by atoms with van der Waals surface area (Å²) in [6.45, 7) is 6.35. The molecule has 3 aliphatic rings. The average Bonchev–Trinajstić information content (AvgIpc) is 3.02. The van der Waals surface area contributed by atoms with Crippen LogP contribution in [0.15, 0.2) is 4.99 Å². The number of rotatable bonds is 4. The van der Waals surface area contributed by atoms with Crippen molar-refractivity contribution in [1.82, 2.24) is 10.2 Å². The first-order valence-corrected chi connectivity index (χ1v) is 11.6. The molecular weight excluding hydrogens is 338 g/mol. The van der Waals surface area contributed by atoms with Crippen LogP contribution in [0.4, 0.5) is 0 Å². The number of aliphatic imine (C=N–C) groups is 1. The number of sulfone groups is 1. The van der Waals surface area contributed by atoms with E-state index >= 15 is 0 Å². The van der Waals surface area contributed by atoms with Crippen LogP contribution in [0, 0.1) is 11.8 Å². The summed E-state index contributed by atoms with van der Waals surface area (Å²) < 4.78 is 29.5. The molecule has 2 unspecified atom stereocenters. The second-order valence-corrected chi connectivity index (χ2v) is 10.4. The molecule has 1 N–H and O–H groups in total. The zero-order chi connectivity index (χ0) is 17.9. The van der Waals surface area contributed by atoms with Crippen molar-refractivity contribution in [2.75, 3.05) is 45.6 Å². The summed E-state index contributed by atoms with van der Waals surface area (Å²) >= 11 is 0. The summed E-state index contributed by atoms with van der Waals surface area (Å²) in [5, 5.41) is 3.39. The quantitative estimate of drug-likeness (QED) is 0.601. The number of nitrogens with zero attached hydrogens (tertiary/aromatic N) is 2. The highest BCUT2D eigenvalue weighted by molar-refractivity contribution is 7.92. The van der Waals surface area contributed by atoms with E-state index in [9.17, 15) is 8.42 Å². The Morgan fingerprint density at radius 3 is 2.32 bits per heavy atom. The first kappa shape index (κ1) is 19.0. The van der Waals surface area contributed by atoms with Gasteiger partial charge in [-0.05, 0) is 44.4 Å². The molecule has 2 aliphatic heterocycles. The number of hydrogen-bond donors (Lipinski definition) is 1. The van der Waals surface area contributed by atoms with E-state index in [-0.39, 0.29) is 0 Å². The molecular formula is C18H33N3O3S. The predicted octanol–water partition coefficient (Wildman–Crippen LogP) is 1.67. The van der Waals surface area contributed by atoms with Crippen molar-refractivity contribution in [2.24, 2.45) is 16.8 Å². The zero-order valence-corrected chi connectivity index (χ0v) is 16.5. The summed E-state index contributed by atoms with van der Waals surface area (Å²) in [7, 11) is -3.18. The SMILES string of the molecule is CCNC(=NCC1(S(C)(=O)=O)CCOCC1)N1CC2CCCCC2C1. The Hall–Kier alpha value is -0.820. The van der Waals surface area contributed by atoms with Gasteiger partial charge in [-0.3, -0.25) is 4.99 Å². The summed E-state index contributed by atoms with van der Waals surface area (Å²) in [5.41, 5.74) is 0. The predicted molar refractivity (Wildman–Crippen MR) is 101 cm³/mol. The third-order valence-corrected chi connectivity index (χ3v) is 8.43. The van der Waals surface area contributed by atoms with E-state index in [0.717, 1.165) is 37.4 Å². The minimum absolute atomic E-state index is 0.337. The van der Waals surface area contributed by atoms with Crippen LogP contribution < -0.4 is 5.32 Å². The van der Waals surface area contributed by atoms with Gasteiger partial charge in [0.05, 0.1) is 11.3 Å². The van der Waals surface area contributed by atoms with Crippen molar-refractivity contribution in [1.29, 1.82) is 0 Å². The van der Waals surface area contributed by atoms with Crippen molar-refractivity contribution in [2.45, 2.75) is 50.2 Å². The van der Waals surface area contributed by atoms with Gasteiger partial charge in [-0.15, -0.1) is 0 Å². The number of likely N-dealkylation sites (tertiary alicyclic amines) is 1. The van der Waals surface area contributed by atoms with E-state index < -0.39 is 14.6 Å². The second kappa shape index (κ2) is 7.82. The van der Waals surface area contributed by atoms with Crippen LogP contribution in [0.3, 0.4) is 0 Å². The van der Waals surface area contributed by atoms with Crippen LogP contribution in [-0.2, 0) is 14.6 Å². The highest BCUT2D eigenvalue weighted by Crippen LogP contribution is 2.36. The minimum atomic E-state index is -3.18. The van der Waals surface area contributed by atoms with E-state index in [1.165, 1.54) is 31.9 Å². The highest BCUT2D eigenvalue weighted by atomic mass is 32.2. The summed E-state index contributed by atoms with van der Waals surface area (Å²) in [4.78, 5) is 7.17. The smallest absolute Gasteiger partial charge is 0.193 e. The fourth-order valence-electron chi connectivity index (χ4n) is 4.61. The van der Waals surface area contributed by atoms with E-state index in [1.54, 1.807) is 0 Å². The lowest BCUT2D eigenvalue weighted by molar-refractivity contribution is 0.0767. The maximum atomic E-state index is 12.4. The number of nitrogens with one attached hydrogen (secondary N) is 1. The lowest BCUT2D eigenvalue weighted by Gasteiger charge is -2.34. The molecule has 2 heterocycles. The van der Waals surface area contributed by atoms with Gasteiger partial charge in [-0.1, -0.05) is 12.8 Å². The highest BCUT2D eigenvalue weighted by Gasteiger charge is 2.43. The lowest BCUT2D eigenvalue weighted by atomic mass is 9.82. The van der Waals surface area contributed by atoms with Crippen molar-refractivity contribution in [3.63, 3.8) is 0 Å². The Kier molecular flexibility index (Phi) is 5.93. The Bertz CT molecular complexity index is 570. The molecule has 1 aliphatic carbocycles. The summed E-state index contributed by atoms with van der Waals surface area (Å²) in [6.07, 6.45) is 7.78. The largest absolute Gasteiger partial charge is 0.381 e. The number of fused-ring (bicyclic) bond motifs is 1. The fraction of sp³-hybridized carbons (Fsp3) is 0.944. The summed E-state index contributed by atoms with van der Waals surface area (Å²) in [5.74, 6) is 2.46. The van der Waals surface area contributed by atoms with Crippen molar-refractivity contribution in [3.05, 3.63) is 0 Å². The number of guanidine groups is 1. The molecule has 3 rings (SSSR count). The minimum Gasteiger partial charge on any atom is -0.381 e. The van der Waals surface area contributed by atoms with Crippen LogP contribution >= 0.6 is 0 Å². The van der Waals surface area contributed by atoms with Crippen molar-refractivity contribution in [3.8, 4) is 0 Å². The molecule has 1 saturated carbocycles. The molecule has 2 atom stereocenters. The van der Waals surface area contributed by atoms with Crippen LogP contribution in [0.25, 0.3) is 0 Å². The third kappa shape index (κ3) is 4.13. The maximum absolute atomic E-state index is 12.4. The standard InChI is InChI=1S/C18H33N3O3S/c1-3-19-17(21-12-15-6-4-5-7-16(15)13-21)20-14-18(25(2,22)23)8-10-24-11-9-18/h15-16H,3-14H2,1-2H3,(H,19,20). The Morgan fingerprint density at radius 1 is 1.20 bits per heavy atom. The molecule has 6 nitrogen and oxygen atoms in total. The molecule has 0 bridgehead atoms. The molecule has 144 valence electrons. The molecule has 0 spiro atoms. The van der Waals surface area contributed by atoms with Crippen molar-refractivity contribution < 1.29 is 13.2 Å². The van der Waals surface area contributed by atoms with Crippen LogP contribution in [0.5, 0.6) is 0 Å². The Morgan fingerprint density at radius 2 is 1.80 bits per heavy atom. The molecule has 25 heavy (non-hydrogen) atoms. The lowest BCUT2D eigenvalue weighted by Crippen LogP contribution is -2.48. The van der Waals surface area contributed by atoms with Gasteiger partial charge in [0.25, 0.3) is 0 Å². The molecule has 0 aromatic carbocycles. The molecule has 0 amide bonds. The first-order chi connectivity index (χ1) is 12.0. The van der Waals surface area contributed by atoms with Crippen molar-refractivity contribution >= 4 is 15.8 Å². The molecule has 3 fully saturated rings. The normalized spacial score (nSPS) is 30.2. The topological polar surface area (TPSA) is 71.0 Å². The van der Waals surface area contributed by atoms with Crippen LogP contribution in [-0.4, -0.2) is 69.7 Å². The Labute approximate surface area is 152 Å². The van der Waals surface area contributed by atoms with E-state index in [2.05, 4.69) is 17.1 Å². The van der Waals surface area contributed by atoms with Gasteiger partial charge in [0, 0.05) is 39.1 Å². The Balaban J connectivity index is 1.75. The van der Waals surface area contributed by atoms with Gasteiger partial charge in [-0.25, -0.2) is 8.42 Å². The van der Waals surface area contributed by atoms with Gasteiger partial charge in [0.2, 0.25) is 0 Å². The average molecular weight is 372 g/mol. The fourth-order valence-corrected chi connectivity index (χ4v) is 5.82. The number of hydrogen-bond acceptors (Lipinski definition) is 4. The monoisotopic (exact) mass is 371 g/mol. The van der Waals surface area contributed by atoms with E-state index in [4.69, 9.17) is 9.73 Å². The van der Waals surface area contributed by atoms with Crippen LogP contribution in [0.1, 0.15) is 45.4 Å². The van der Waals surface area contributed by atoms with Gasteiger partial charge < -0.3 is 15.0 Å². The van der Waals surface area contributed by atoms with Crippen LogP contribution in [0.2, 0.25) is 0 Å². The van der Waals surface area contributed by atoms with E-state index in [0.29, 0.717) is 32.6 Å². The number of ether oxygens (including phenoxy) is 1. The van der Waals surface area contributed by atoms with Gasteiger partial charge in [-0.2, -0.15) is 0 Å². The molecule has 7 heteroatoms. The molecule has 0 aromatic rings. The maximum Gasteiger partial charge on any atom is 0.193 e. The van der Waals surface area contributed by atoms with Gasteiger partial charge in [0.1, 0.15) is 0 Å². The third-order valence-electron chi connectivity index (χ3n) is 6.32. The van der Waals surface area contributed by atoms with E-state index in [1.807, 2.05) is 0 Å².